The van der Waals surface area contributed by atoms with Gasteiger partial charge in [-0.3, -0.25) is 0 Å². The van der Waals surface area contributed by atoms with Gasteiger partial charge in [0.1, 0.15) is 11.5 Å². The number of aromatic nitrogens is 2. The molecule has 3 rings (SSSR count). The highest BCUT2D eigenvalue weighted by Crippen LogP contribution is 2.26. The minimum absolute atomic E-state index is 0.186. The van der Waals surface area contributed by atoms with Crippen LogP contribution in [-0.2, 0) is 6.42 Å². The van der Waals surface area contributed by atoms with Gasteiger partial charge in [-0.1, -0.05) is 17.3 Å². The highest BCUT2D eigenvalue weighted by molar-refractivity contribution is 14.1. The van der Waals surface area contributed by atoms with Crippen molar-refractivity contribution in [3.8, 4) is 23.0 Å². The molecule has 0 aliphatic rings. The summed E-state index contributed by atoms with van der Waals surface area (Å²) in [6.07, 6.45) is 0.514. The second kappa shape index (κ2) is 5.72. The Morgan fingerprint density at radius 3 is 2.52 bits per heavy atom. The Bertz CT molecular complexity index is 769. The van der Waals surface area contributed by atoms with Crippen molar-refractivity contribution in [2.75, 3.05) is 0 Å². The van der Waals surface area contributed by atoms with Crippen LogP contribution < -0.4 is 0 Å². The van der Waals surface area contributed by atoms with Crippen LogP contribution in [0.4, 0.5) is 0 Å². The van der Waals surface area contributed by atoms with Gasteiger partial charge in [0, 0.05) is 12.0 Å². The summed E-state index contributed by atoms with van der Waals surface area (Å²) in [5.74, 6) is 1.33. The molecular weight excluding hydrogens is 383 g/mol. The fourth-order valence-corrected chi connectivity index (χ4v) is 2.22. The molecule has 21 heavy (non-hydrogen) atoms. The number of phenols is 2. The summed E-state index contributed by atoms with van der Waals surface area (Å²) in [7, 11) is 0. The van der Waals surface area contributed by atoms with Crippen molar-refractivity contribution in [2.24, 2.45) is 0 Å². The Morgan fingerprint density at radius 1 is 1.05 bits per heavy atom. The third kappa shape index (κ3) is 3.15. The number of hydrogen-bond donors (Lipinski definition) is 2. The molecule has 2 N–H and O–H groups in total. The van der Waals surface area contributed by atoms with E-state index >= 15 is 0 Å². The summed E-state index contributed by atoms with van der Waals surface area (Å²) in [5, 5.41) is 22.9. The molecule has 0 spiro atoms. The molecule has 106 valence electrons. The standard InChI is InChI=1S/C15H11IN2O3/c16-12-6-3-10(8-13(12)20)15-17-14(18-21-15)7-9-1-4-11(19)5-2-9/h1-6,8,19-20H,7H2. The molecular formula is C15H11IN2O3. The quantitative estimate of drug-likeness (QED) is 0.667. The first kappa shape index (κ1) is 13.9. The summed E-state index contributed by atoms with van der Waals surface area (Å²) >= 11 is 2.05. The predicted octanol–water partition coefficient (Wildman–Crippen LogP) is 3.34. The number of benzene rings is 2. The van der Waals surface area contributed by atoms with Crippen molar-refractivity contribution >= 4 is 22.6 Å². The lowest BCUT2D eigenvalue weighted by Crippen LogP contribution is -1.90. The number of hydrogen-bond acceptors (Lipinski definition) is 5. The van der Waals surface area contributed by atoms with Crippen LogP contribution in [0, 0.1) is 3.57 Å². The molecule has 6 heteroatoms. The third-order valence-corrected chi connectivity index (χ3v) is 3.87. The second-order valence-electron chi connectivity index (χ2n) is 4.53. The van der Waals surface area contributed by atoms with E-state index in [-0.39, 0.29) is 11.5 Å². The molecule has 3 aromatic rings. The maximum atomic E-state index is 9.71. The van der Waals surface area contributed by atoms with Crippen molar-refractivity contribution in [3.05, 3.63) is 57.4 Å². The smallest absolute Gasteiger partial charge is 0.258 e. The van der Waals surface area contributed by atoms with Gasteiger partial charge in [-0.25, -0.2) is 0 Å². The average Bonchev–Trinajstić information content (AvgIpc) is 2.93. The van der Waals surface area contributed by atoms with Crippen molar-refractivity contribution < 1.29 is 14.7 Å². The van der Waals surface area contributed by atoms with E-state index in [1.165, 1.54) is 0 Å². The van der Waals surface area contributed by atoms with Gasteiger partial charge in [0.15, 0.2) is 5.82 Å². The molecule has 0 aliphatic carbocycles. The fourth-order valence-electron chi connectivity index (χ4n) is 1.89. The topological polar surface area (TPSA) is 79.4 Å². The first-order chi connectivity index (χ1) is 10.1. The predicted molar refractivity (Wildman–Crippen MR) is 85.0 cm³/mol. The summed E-state index contributed by atoms with van der Waals surface area (Å²) in [6, 6.07) is 12.1. The van der Waals surface area contributed by atoms with Crippen LogP contribution in [0.5, 0.6) is 11.5 Å². The lowest BCUT2D eigenvalue weighted by atomic mass is 10.1. The van der Waals surface area contributed by atoms with Gasteiger partial charge in [-0.2, -0.15) is 4.98 Å². The molecule has 0 saturated carbocycles. The van der Waals surface area contributed by atoms with E-state index in [0.29, 0.717) is 23.7 Å². The van der Waals surface area contributed by atoms with Crippen LogP contribution in [0.3, 0.4) is 0 Å². The second-order valence-corrected chi connectivity index (χ2v) is 5.69. The zero-order chi connectivity index (χ0) is 14.8. The minimum Gasteiger partial charge on any atom is -0.508 e. The van der Waals surface area contributed by atoms with Crippen LogP contribution in [0.15, 0.2) is 47.0 Å². The van der Waals surface area contributed by atoms with E-state index in [2.05, 4.69) is 10.1 Å². The molecule has 0 atom stereocenters. The number of rotatable bonds is 3. The molecule has 0 unspecified atom stereocenters. The van der Waals surface area contributed by atoms with E-state index < -0.39 is 0 Å². The maximum Gasteiger partial charge on any atom is 0.258 e. The maximum absolute atomic E-state index is 9.71. The lowest BCUT2D eigenvalue weighted by Gasteiger charge is -1.98. The van der Waals surface area contributed by atoms with Crippen LogP contribution in [0.1, 0.15) is 11.4 Å². The van der Waals surface area contributed by atoms with Crippen LogP contribution >= 0.6 is 22.6 Å². The highest BCUT2D eigenvalue weighted by atomic mass is 127. The van der Waals surface area contributed by atoms with Crippen molar-refractivity contribution in [1.82, 2.24) is 10.1 Å². The number of nitrogens with zero attached hydrogens (tertiary/aromatic N) is 2. The summed E-state index contributed by atoms with van der Waals surface area (Å²) in [5.41, 5.74) is 1.66. The van der Waals surface area contributed by atoms with Crippen LogP contribution in [-0.4, -0.2) is 20.4 Å². The lowest BCUT2D eigenvalue weighted by molar-refractivity contribution is 0.423. The van der Waals surface area contributed by atoms with E-state index in [1.54, 1.807) is 24.3 Å². The Labute approximate surface area is 134 Å². The molecule has 5 nitrogen and oxygen atoms in total. The fraction of sp³-hybridized carbons (Fsp3) is 0.0667. The van der Waals surface area contributed by atoms with Crippen molar-refractivity contribution in [1.29, 1.82) is 0 Å². The summed E-state index contributed by atoms with van der Waals surface area (Å²) in [6.45, 7) is 0. The van der Waals surface area contributed by atoms with Gasteiger partial charge in [0.05, 0.1) is 3.57 Å². The minimum atomic E-state index is 0.186. The van der Waals surface area contributed by atoms with Crippen LogP contribution in [0.2, 0.25) is 0 Å². The van der Waals surface area contributed by atoms with E-state index in [9.17, 15) is 10.2 Å². The SMILES string of the molecule is Oc1ccc(Cc2noc(-c3ccc(I)c(O)c3)n2)cc1. The van der Waals surface area contributed by atoms with E-state index in [1.807, 2.05) is 40.8 Å². The highest BCUT2D eigenvalue weighted by Gasteiger charge is 2.11. The van der Waals surface area contributed by atoms with Crippen LogP contribution in [0.25, 0.3) is 11.5 Å². The van der Waals surface area contributed by atoms with E-state index in [4.69, 9.17) is 4.52 Å². The van der Waals surface area contributed by atoms with Gasteiger partial charge in [-0.15, -0.1) is 0 Å². The normalized spacial score (nSPS) is 10.7. The van der Waals surface area contributed by atoms with Gasteiger partial charge in [-0.05, 0) is 58.5 Å². The zero-order valence-corrected chi connectivity index (χ0v) is 13.0. The first-order valence-corrected chi connectivity index (χ1v) is 7.29. The Morgan fingerprint density at radius 2 is 1.81 bits per heavy atom. The van der Waals surface area contributed by atoms with E-state index in [0.717, 1.165) is 9.13 Å². The molecule has 0 saturated heterocycles. The number of phenolic OH excluding ortho intramolecular Hbond substituents is 2. The zero-order valence-electron chi connectivity index (χ0n) is 10.8. The molecule has 0 amide bonds. The summed E-state index contributed by atoms with van der Waals surface area (Å²) < 4.78 is 5.98. The van der Waals surface area contributed by atoms with Crippen molar-refractivity contribution in [2.45, 2.75) is 6.42 Å². The summed E-state index contributed by atoms with van der Waals surface area (Å²) in [4.78, 5) is 4.32. The molecule has 0 radical (unpaired) electrons. The molecule has 0 aliphatic heterocycles. The first-order valence-electron chi connectivity index (χ1n) is 6.21. The monoisotopic (exact) mass is 394 g/mol. The van der Waals surface area contributed by atoms with Gasteiger partial charge >= 0.3 is 0 Å². The van der Waals surface area contributed by atoms with Gasteiger partial charge in [0.2, 0.25) is 0 Å². The van der Waals surface area contributed by atoms with Gasteiger partial charge < -0.3 is 14.7 Å². The molecule has 0 fully saturated rings. The molecule has 1 heterocycles. The molecule has 2 aromatic carbocycles. The Hall–Kier alpha value is -2.09. The largest absolute Gasteiger partial charge is 0.508 e. The number of aromatic hydroxyl groups is 2. The molecule has 0 bridgehead atoms. The Kier molecular flexibility index (Phi) is 3.78. The Balaban J connectivity index is 1.82. The number of halogens is 1. The molecule has 1 aromatic heterocycles. The van der Waals surface area contributed by atoms with Gasteiger partial charge in [0.25, 0.3) is 5.89 Å². The third-order valence-electron chi connectivity index (χ3n) is 2.96. The average molecular weight is 394 g/mol. The van der Waals surface area contributed by atoms with Crippen molar-refractivity contribution in [3.63, 3.8) is 0 Å².